The van der Waals surface area contributed by atoms with Crippen molar-refractivity contribution in [1.29, 1.82) is 0 Å². The molecule has 0 bridgehead atoms. The van der Waals surface area contributed by atoms with Crippen molar-refractivity contribution in [3.63, 3.8) is 0 Å². The Bertz CT molecular complexity index is 311. The van der Waals surface area contributed by atoms with Gasteiger partial charge in [-0.2, -0.15) is 0 Å². The molecule has 1 atom stereocenters. The number of rotatable bonds is 1. The summed E-state index contributed by atoms with van der Waals surface area (Å²) in [5.41, 5.74) is 2.94. The second kappa shape index (κ2) is 3.37. The minimum atomic E-state index is 0.643. The van der Waals surface area contributed by atoms with Gasteiger partial charge in [0.15, 0.2) is 0 Å². The first-order valence-electron chi connectivity index (χ1n) is 5.04. The van der Waals surface area contributed by atoms with E-state index in [1.807, 2.05) is 0 Å². The van der Waals surface area contributed by atoms with E-state index in [2.05, 4.69) is 50.3 Å². The molecule has 2 aliphatic rings. The third-order valence-electron chi connectivity index (χ3n) is 2.76. The van der Waals surface area contributed by atoms with Crippen LogP contribution in [0, 0.1) is 11.8 Å². The second-order valence-corrected chi connectivity index (χ2v) is 4.10. The zero-order chi connectivity index (χ0) is 9.26. The van der Waals surface area contributed by atoms with Crippen molar-refractivity contribution in [3.05, 3.63) is 47.6 Å². The van der Waals surface area contributed by atoms with E-state index in [0.29, 0.717) is 11.8 Å². The van der Waals surface area contributed by atoms with Crippen LogP contribution < -0.4 is 0 Å². The quantitative estimate of drug-likeness (QED) is 0.566. The van der Waals surface area contributed by atoms with E-state index in [-0.39, 0.29) is 0 Å². The zero-order valence-corrected chi connectivity index (χ0v) is 8.33. The fraction of sp³-hybridized carbons (Fsp3) is 0.385. The molecule has 0 N–H and O–H groups in total. The lowest BCUT2D eigenvalue weighted by Gasteiger charge is -2.21. The van der Waals surface area contributed by atoms with Crippen LogP contribution in [0.1, 0.15) is 20.3 Å². The SMILES string of the molecule is CC(C)C1=CC2=CC=CCC2C=C1. The van der Waals surface area contributed by atoms with Gasteiger partial charge in [0, 0.05) is 5.92 Å². The molecule has 2 aliphatic carbocycles. The van der Waals surface area contributed by atoms with Crippen LogP contribution in [0.5, 0.6) is 0 Å². The minimum Gasteiger partial charge on any atom is -0.0836 e. The van der Waals surface area contributed by atoms with Gasteiger partial charge in [0.25, 0.3) is 0 Å². The van der Waals surface area contributed by atoms with Gasteiger partial charge in [0.1, 0.15) is 0 Å². The van der Waals surface area contributed by atoms with Gasteiger partial charge < -0.3 is 0 Å². The van der Waals surface area contributed by atoms with Gasteiger partial charge in [-0.15, -0.1) is 0 Å². The van der Waals surface area contributed by atoms with Crippen LogP contribution in [-0.4, -0.2) is 0 Å². The highest BCUT2D eigenvalue weighted by atomic mass is 14.2. The molecule has 68 valence electrons. The molecule has 0 spiro atoms. The summed E-state index contributed by atoms with van der Waals surface area (Å²) in [6, 6.07) is 0. The monoisotopic (exact) mass is 172 g/mol. The fourth-order valence-corrected chi connectivity index (χ4v) is 1.84. The summed E-state index contributed by atoms with van der Waals surface area (Å²) >= 11 is 0. The molecule has 0 saturated carbocycles. The van der Waals surface area contributed by atoms with E-state index in [1.54, 1.807) is 0 Å². The Morgan fingerprint density at radius 3 is 3.00 bits per heavy atom. The van der Waals surface area contributed by atoms with Crippen LogP contribution >= 0.6 is 0 Å². The highest BCUT2D eigenvalue weighted by Crippen LogP contribution is 2.30. The van der Waals surface area contributed by atoms with Gasteiger partial charge in [0.05, 0.1) is 0 Å². The van der Waals surface area contributed by atoms with Gasteiger partial charge in [-0.25, -0.2) is 0 Å². The van der Waals surface area contributed by atoms with Crippen LogP contribution in [0.25, 0.3) is 0 Å². The maximum Gasteiger partial charge on any atom is 0.00559 e. The minimum absolute atomic E-state index is 0.643. The third-order valence-corrected chi connectivity index (χ3v) is 2.76. The molecule has 0 aromatic rings. The molecule has 13 heavy (non-hydrogen) atoms. The van der Waals surface area contributed by atoms with E-state index in [0.717, 1.165) is 0 Å². The number of fused-ring (bicyclic) bond motifs is 1. The predicted molar refractivity (Wildman–Crippen MR) is 57.4 cm³/mol. The Labute approximate surface area is 80.3 Å². The van der Waals surface area contributed by atoms with Crippen LogP contribution in [0.3, 0.4) is 0 Å². The molecule has 0 amide bonds. The second-order valence-electron chi connectivity index (χ2n) is 4.10. The van der Waals surface area contributed by atoms with E-state index in [9.17, 15) is 0 Å². The highest BCUT2D eigenvalue weighted by Gasteiger charge is 2.15. The van der Waals surface area contributed by atoms with Gasteiger partial charge in [-0.3, -0.25) is 0 Å². The summed E-state index contributed by atoms with van der Waals surface area (Å²) in [6.07, 6.45) is 14.8. The lowest BCUT2D eigenvalue weighted by Crippen LogP contribution is -2.07. The summed E-state index contributed by atoms with van der Waals surface area (Å²) in [6.45, 7) is 4.49. The molecule has 0 aliphatic heterocycles. The molecule has 0 saturated heterocycles. The number of hydrogen-bond acceptors (Lipinski definition) is 0. The molecule has 0 aromatic carbocycles. The maximum atomic E-state index is 2.35. The molecule has 0 nitrogen and oxygen atoms in total. The average molecular weight is 172 g/mol. The zero-order valence-electron chi connectivity index (χ0n) is 8.33. The van der Waals surface area contributed by atoms with Gasteiger partial charge in [0.2, 0.25) is 0 Å². The van der Waals surface area contributed by atoms with E-state index in [1.165, 1.54) is 17.6 Å². The van der Waals surface area contributed by atoms with Crippen molar-refractivity contribution in [2.24, 2.45) is 11.8 Å². The smallest absolute Gasteiger partial charge is 0.00559 e. The summed E-state index contributed by atoms with van der Waals surface area (Å²) in [4.78, 5) is 0. The van der Waals surface area contributed by atoms with Crippen molar-refractivity contribution in [2.45, 2.75) is 20.3 Å². The van der Waals surface area contributed by atoms with Crippen LogP contribution in [0.4, 0.5) is 0 Å². The first kappa shape index (κ1) is 8.55. The Kier molecular flexibility index (Phi) is 2.22. The van der Waals surface area contributed by atoms with Crippen molar-refractivity contribution < 1.29 is 0 Å². The van der Waals surface area contributed by atoms with Gasteiger partial charge in [-0.1, -0.05) is 50.3 Å². The van der Waals surface area contributed by atoms with E-state index in [4.69, 9.17) is 0 Å². The van der Waals surface area contributed by atoms with Crippen LogP contribution in [-0.2, 0) is 0 Å². The largest absolute Gasteiger partial charge is 0.0836 e. The topological polar surface area (TPSA) is 0 Å². The van der Waals surface area contributed by atoms with Crippen molar-refractivity contribution in [1.82, 2.24) is 0 Å². The lowest BCUT2D eigenvalue weighted by atomic mass is 9.83. The standard InChI is InChI=1S/C13H16/c1-10(2)12-8-7-11-5-3-4-6-13(11)9-12/h3-4,6-11H,5H2,1-2H3. The van der Waals surface area contributed by atoms with Crippen LogP contribution in [0.2, 0.25) is 0 Å². The van der Waals surface area contributed by atoms with Crippen molar-refractivity contribution in [2.75, 3.05) is 0 Å². The maximum absolute atomic E-state index is 2.35. The van der Waals surface area contributed by atoms with Crippen LogP contribution in [0.15, 0.2) is 47.6 Å². The predicted octanol–water partition coefficient (Wildman–Crippen LogP) is 3.64. The van der Waals surface area contributed by atoms with Gasteiger partial charge >= 0.3 is 0 Å². The molecule has 0 heteroatoms. The van der Waals surface area contributed by atoms with Crippen molar-refractivity contribution >= 4 is 0 Å². The Morgan fingerprint density at radius 2 is 2.23 bits per heavy atom. The Hall–Kier alpha value is -1.04. The summed E-state index contributed by atoms with van der Waals surface area (Å²) in [7, 11) is 0. The molecule has 0 heterocycles. The normalized spacial score (nSPS) is 25.6. The first-order chi connectivity index (χ1) is 6.27. The molecule has 1 unspecified atom stereocenters. The molecular formula is C13H16. The van der Waals surface area contributed by atoms with E-state index >= 15 is 0 Å². The molecular weight excluding hydrogens is 156 g/mol. The lowest BCUT2D eigenvalue weighted by molar-refractivity contribution is 0.737. The molecule has 2 rings (SSSR count). The Balaban J connectivity index is 2.28. The summed E-state index contributed by atoms with van der Waals surface area (Å²) in [5, 5.41) is 0. The fourth-order valence-electron chi connectivity index (χ4n) is 1.84. The summed E-state index contributed by atoms with van der Waals surface area (Å²) in [5.74, 6) is 1.29. The number of hydrogen-bond donors (Lipinski definition) is 0. The average Bonchev–Trinajstić information content (AvgIpc) is 2.17. The first-order valence-corrected chi connectivity index (χ1v) is 5.04. The highest BCUT2D eigenvalue weighted by molar-refractivity contribution is 5.43. The van der Waals surface area contributed by atoms with E-state index < -0.39 is 0 Å². The van der Waals surface area contributed by atoms with Crippen molar-refractivity contribution in [3.8, 4) is 0 Å². The Morgan fingerprint density at radius 1 is 1.38 bits per heavy atom. The van der Waals surface area contributed by atoms with Gasteiger partial charge in [-0.05, 0) is 23.5 Å². The third kappa shape index (κ3) is 1.67. The molecule has 0 radical (unpaired) electrons. The number of allylic oxidation sites excluding steroid dienone is 8. The summed E-state index contributed by atoms with van der Waals surface area (Å²) < 4.78 is 0. The molecule has 0 fully saturated rings. The molecule has 0 aromatic heterocycles.